The molecule has 1 unspecified atom stereocenters. The molecule has 0 fully saturated rings. The summed E-state index contributed by atoms with van der Waals surface area (Å²) in [5, 5.41) is 10.3. The SMILES string of the molecule is CCCOc1cncc(C(O)CCc2ccccc2C)c1. The normalized spacial score (nSPS) is 12.1. The Morgan fingerprint density at radius 1 is 1.24 bits per heavy atom. The Hall–Kier alpha value is -1.87. The fourth-order valence-corrected chi connectivity index (χ4v) is 2.27. The molecule has 2 aromatic rings. The monoisotopic (exact) mass is 285 g/mol. The van der Waals surface area contributed by atoms with Crippen LogP contribution in [0.3, 0.4) is 0 Å². The number of hydrogen-bond donors (Lipinski definition) is 1. The van der Waals surface area contributed by atoms with Gasteiger partial charge in [0.1, 0.15) is 5.75 Å². The first-order valence-corrected chi connectivity index (χ1v) is 7.51. The molecule has 0 radical (unpaired) electrons. The van der Waals surface area contributed by atoms with Gasteiger partial charge in [0.05, 0.1) is 18.9 Å². The number of hydrogen-bond acceptors (Lipinski definition) is 3. The summed E-state index contributed by atoms with van der Waals surface area (Å²) in [5.74, 6) is 0.726. The van der Waals surface area contributed by atoms with Crippen molar-refractivity contribution in [2.75, 3.05) is 6.61 Å². The van der Waals surface area contributed by atoms with Gasteiger partial charge in [-0.2, -0.15) is 0 Å². The molecule has 0 saturated heterocycles. The fraction of sp³-hybridized carbons (Fsp3) is 0.389. The van der Waals surface area contributed by atoms with Crippen molar-refractivity contribution in [3.05, 3.63) is 59.4 Å². The van der Waals surface area contributed by atoms with Gasteiger partial charge in [0, 0.05) is 11.8 Å². The Kier molecular flexibility index (Phi) is 5.76. The quantitative estimate of drug-likeness (QED) is 0.840. The third-order valence-corrected chi connectivity index (χ3v) is 3.54. The molecule has 0 bridgehead atoms. The Bertz CT molecular complexity index is 569. The molecule has 3 nitrogen and oxygen atoms in total. The van der Waals surface area contributed by atoms with E-state index in [9.17, 15) is 5.11 Å². The number of aryl methyl sites for hydroxylation is 2. The van der Waals surface area contributed by atoms with E-state index in [1.165, 1.54) is 11.1 Å². The Labute approximate surface area is 126 Å². The first kappa shape index (κ1) is 15.5. The maximum Gasteiger partial charge on any atom is 0.137 e. The summed E-state index contributed by atoms with van der Waals surface area (Å²) in [6.45, 7) is 4.83. The van der Waals surface area contributed by atoms with E-state index in [1.54, 1.807) is 12.4 Å². The zero-order valence-corrected chi connectivity index (χ0v) is 12.7. The van der Waals surface area contributed by atoms with E-state index in [0.29, 0.717) is 13.0 Å². The van der Waals surface area contributed by atoms with Crippen molar-refractivity contribution in [3.63, 3.8) is 0 Å². The second-order valence-corrected chi connectivity index (χ2v) is 5.28. The zero-order valence-electron chi connectivity index (χ0n) is 12.7. The minimum atomic E-state index is -0.512. The van der Waals surface area contributed by atoms with E-state index in [1.807, 2.05) is 18.2 Å². The topological polar surface area (TPSA) is 42.4 Å². The van der Waals surface area contributed by atoms with Crippen molar-refractivity contribution < 1.29 is 9.84 Å². The molecule has 0 aliphatic carbocycles. The van der Waals surface area contributed by atoms with Gasteiger partial charge in [-0.05, 0) is 43.4 Å². The van der Waals surface area contributed by atoms with Crippen LogP contribution in [-0.4, -0.2) is 16.7 Å². The van der Waals surface area contributed by atoms with Crippen LogP contribution in [-0.2, 0) is 6.42 Å². The molecule has 0 saturated carbocycles. The molecule has 0 aliphatic rings. The molecule has 1 heterocycles. The predicted molar refractivity (Wildman–Crippen MR) is 84.5 cm³/mol. The maximum atomic E-state index is 10.3. The highest BCUT2D eigenvalue weighted by Gasteiger charge is 2.10. The molecule has 21 heavy (non-hydrogen) atoms. The summed E-state index contributed by atoms with van der Waals surface area (Å²) in [6.07, 6.45) is 5.38. The van der Waals surface area contributed by atoms with Crippen molar-refractivity contribution >= 4 is 0 Å². The minimum absolute atomic E-state index is 0.512. The van der Waals surface area contributed by atoms with Crippen LogP contribution in [0.2, 0.25) is 0 Å². The fourth-order valence-electron chi connectivity index (χ4n) is 2.27. The summed E-state index contributed by atoms with van der Waals surface area (Å²) < 4.78 is 5.55. The van der Waals surface area contributed by atoms with Gasteiger partial charge < -0.3 is 9.84 Å². The summed E-state index contributed by atoms with van der Waals surface area (Å²) in [7, 11) is 0. The second kappa shape index (κ2) is 7.79. The van der Waals surface area contributed by atoms with Crippen LogP contribution < -0.4 is 4.74 Å². The summed E-state index contributed by atoms with van der Waals surface area (Å²) in [5.41, 5.74) is 3.36. The lowest BCUT2D eigenvalue weighted by atomic mass is 9.99. The van der Waals surface area contributed by atoms with Gasteiger partial charge in [-0.15, -0.1) is 0 Å². The van der Waals surface area contributed by atoms with E-state index in [-0.39, 0.29) is 0 Å². The van der Waals surface area contributed by atoms with Crippen molar-refractivity contribution in [2.24, 2.45) is 0 Å². The molecule has 2 rings (SSSR count). The van der Waals surface area contributed by atoms with E-state index in [4.69, 9.17) is 4.74 Å². The molecule has 0 amide bonds. The molecule has 112 valence electrons. The summed E-state index contributed by atoms with van der Waals surface area (Å²) >= 11 is 0. The van der Waals surface area contributed by atoms with Gasteiger partial charge in [0.25, 0.3) is 0 Å². The van der Waals surface area contributed by atoms with E-state index >= 15 is 0 Å². The highest BCUT2D eigenvalue weighted by Crippen LogP contribution is 2.22. The standard InChI is InChI=1S/C18H23NO2/c1-3-10-21-17-11-16(12-19-13-17)18(20)9-8-15-7-5-4-6-14(15)2/h4-7,11-13,18,20H,3,8-10H2,1-2H3. The zero-order chi connectivity index (χ0) is 15.1. The Morgan fingerprint density at radius 3 is 2.81 bits per heavy atom. The molecular formula is C18H23NO2. The van der Waals surface area contributed by atoms with Crippen molar-refractivity contribution in [1.82, 2.24) is 4.98 Å². The number of ether oxygens (including phenoxy) is 1. The molecule has 1 atom stereocenters. The first-order chi connectivity index (χ1) is 10.2. The van der Waals surface area contributed by atoms with E-state index in [2.05, 4.69) is 31.0 Å². The molecular weight excluding hydrogens is 262 g/mol. The lowest BCUT2D eigenvalue weighted by molar-refractivity contribution is 0.166. The average molecular weight is 285 g/mol. The summed E-state index contributed by atoms with van der Waals surface area (Å²) in [4.78, 5) is 4.15. The second-order valence-electron chi connectivity index (χ2n) is 5.28. The molecule has 0 aliphatic heterocycles. The molecule has 1 aromatic heterocycles. The number of aromatic nitrogens is 1. The van der Waals surface area contributed by atoms with Crippen molar-refractivity contribution in [2.45, 2.75) is 39.2 Å². The minimum Gasteiger partial charge on any atom is -0.492 e. The number of aliphatic hydroxyl groups excluding tert-OH is 1. The highest BCUT2D eigenvalue weighted by atomic mass is 16.5. The Balaban J connectivity index is 1.97. The third-order valence-electron chi connectivity index (χ3n) is 3.54. The van der Waals surface area contributed by atoms with Gasteiger partial charge in [-0.3, -0.25) is 4.98 Å². The van der Waals surface area contributed by atoms with Crippen molar-refractivity contribution in [3.8, 4) is 5.75 Å². The first-order valence-electron chi connectivity index (χ1n) is 7.51. The van der Waals surface area contributed by atoms with Crippen LogP contribution >= 0.6 is 0 Å². The van der Waals surface area contributed by atoms with Crippen LogP contribution in [0.5, 0.6) is 5.75 Å². The molecule has 0 spiro atoms. The molecule has 1 N–H and O–H groups in total. The maximum absolute atomic E-state index is 10.3. The predicted octanol–water partition coefficient (Wildman–Crippen LogP) is 3.85. The van der Waals surface area contributed by atoms with E-state index in [0.717, 1.165) is 24.2 Å². The van der Waals surface area contributed by atoms with E-state index < -0.39 is 6.10 Å². The van der Waals surface area contributed by atoms with Gasteiger partial charge >= 0.3 is 0 Å². The number of pyridine rings is 1. The highest BCUT2D eigenvalue weighted by molar-refractivity contribution is 5.27. The van der Waals surface area contributed by atoms with Crippen LogP contribution in [0, 0.1) is 6.92 Å². The largest absolute Gasteiger partial charge is 0.492 e. The third kappa shape index (κ3) is 4.57. The van der Waals surface area contributed by atoms with Gasteiger partial charge in [0.2, 0.25) is 0 Å². The number of benzene rings is 1. The van der Waals surface area contributed by atoms with Crippen LogP contribution in [0.15, 0.2) is 42.7 Å². The smallest absolute Gasteiger partial charge is 0.137 e. The van der Waals surface area contributed by atoms with Crippen LogP contribution in [0.1, 0.15) is 42.6 Å². The van der Waals surface area contributed by atoms with Gasteiger partial charge in [-0.25, -0.2) is 0 Å². The Morgan fingerprint density at radius 2 is 2.05 bits per heavy atom. The van der Waals surface area contributed by atoms with Crippen LogP contribution in [0.25, 0.3) is 0 Å². The molecule has 1 aromatic carbocycles. The van der Waals surface area contributed by atoms with Gasteiger partial charge in [-0.1, -0.05) is 31.2 Å². The lowest BCUT2D eigenvalue weighted by Crippen LogP contribution is -2.03. The van der Waals surface area contributed by atoms with Gasteiger partial charge in [0.15, 0.2) is 0 Å². The van der Waals surface area contributed by atoms with Crippen molar-refractivity contribution in [1.29, 1.82) is 0 Å². The number of aliphatic hydroxyl groups is 1. The lowest BCUT2D eigenvalue weighted by Gasteiger charge is -2.13. The average Bonchev–Trinajstić information content (AvgIpc) is 2.52. The number of nitrogens with zero attached hydrogens (tertiary/aromatic N) is 1. The number of rotatable bonds is 7. The summed E-state index contributed by atoms with van der Waals surface area (Å²) in [6, 6.07) is 10.2. The molecule has 3 heteroatoms. The van der Waals surface area contributed by atoms with Crippen LogP contribution in [0.4, 0.5) is 0 Å².